The van der Waals surface area contributed by atoms with E-state index in [1.165, 1.54) is 30.0 Å². The number of rotatable bonds is 2. The van der Waals surface area contributed by atoms with Crippen molar-refractivity contribution in [3.8, 4) is 0 Å². The van der Waals surface area contributed by atoms with Crippen LogP contribution in [-0.4, -0.2) is 0 Å². The van der Waals surface area contributed by atoms with Crippen molar-refractivity contribution in [2.75, 3.05) is 0 Å². The van der Waals surface area contributed by atoms with E-state index in [1.807, 2.05) is 0 Å². The Bertz CT molecular complexity index is 629. The lowest BCUT2D eigenvalue weighted by molar-refractivity contribution is 1.77. The quantitative estimate of drug-likeness (QED) is 0.593. The highest BCUT2D eigenvalue weighted by molar-refractivity contribution is 7.55. The average Bonchev–Trinajstić information content (AvgIpc) is 2.40. The first-order chi connectivity index (χ1) is 8.42. The van der Waals surface area contributed by atoms with Crippen molar-refractivity contribution in [2.24, 2.45) is 0 Å². The van der Waals surface area contributed by atoms with Crippen LogP contribution in [0.1, 0.15) is 0 Å². The molecule has 17 heavy (non-hydrogen) atoms. The maximum Gasteiger partial charge on any atom is -0.0186 e. The summed E-state index contributed by atoms with van der Waals surface area (Å²) in [6.45, 7) is 0. The van der Waals surface area contributed by atoms with E-state index in [0.717, 1.165) is 0 Å². The first kappa shape index (κ1) is 10.5. The van der Waals surface area contributed by atoms with E-state index in [2.05, 4.69) is 72.8 Å². The van der Waals surface area contributed by atoms with Crippen LogP contribution in [0.25, 0.3) is 10.8 Å². The summed E-state index contributed by atoms with van der Waals surface area (Å²) in [6.07, 6.45) is 0. The minimum absolute atomic E-state index is 1.27. The Morgan fingerprint density at radius 3 is 2.06 bits per heavy atom. The maximum atomic E-state index is 2.27. The lowest BCUT2D eigenvalue weighted by atomic mass is 10.1. The topological polar surface area (TPSA) is 0 Å². The van der Waals surface area contributed by atoms with E-state index >= 15 is 0 Å². The van der Waals surface area contributed by atoms with E-state index in [0.29, 0.717) is 0 Å². The van der Waals surface area contributed by atoms with Crippen molar-refractivity contribution >= 4 is 30.0 Å². The van der Waals surface area contributed by atoms with Gasteiger partial charge in [-0.2, -0.15) is 5.30 Å². The molecule has 0 unspecified atom stereocenters. The van der Waals surface area contributed by atoms with Crippen LogP contribution in [0, 0.1) is 0 Å². The third kappa shape index (κ3) is 2.38. The first-order valence-electron chi connectivity index (χ1n) is 5.67. The molecule has 0 aliphatic rings. The fourth-order valence-electron chi connectivity index (χ4n) is 1.90. The summed E-state index contributed by atoms with van der Waals surface area (Å²) in [4.78, 5) is 0. The highest BCUT2D eigenvalue weighted by atomic mass is 31.1. The normalized spacial score (nSPS) is 11.3. The van der Waals surface area contributed by atoms with Gasteiger partial charge in [0.25, 0.3) is 0 Å². The minimum atomic E-state index is 1.27. The predicted octanol–water partition coefficient (Wildman–Crippen LogP) is 3.74. The summed E-state index contributed by atoms with van der Waals surface area (Å²) in [7, 11) is 1.27. The molecule has 0 fully saturated rings. The average molecular weight is 235 g/mol. The zero-order valence-corrected chi connectivity index (χ0v) is 10.3. The first-order valence-corrected chi connectivity index (χ1v) is 6.57. The lowest BCUT2D eigenvalue weighted by Crippen LogP contribution is -2.02. The van der Waals surface area contributed by atoms with Crippen LogP contribution in [0.3, 0.4) is 0 Å². The number of hydrogen-bond acceptors (Lipinski definition) is 0. The van der Waals surface area contributed by atoms with Crippen molar-refractivity contribution in [1.29, 1.82) is 0 Å². The third-order valence-electron chi connectivity index (χ3n) is 2.75. The molecule has 0 N–H and O–H groups in total. The Hall–Kier alpha value is -1.65. The number of benzene rings is 3. The molecular weight excluding hydrogens is 223 g/mol. The summed E-state index contributed by atoms with van der Waals surface area (Å²) in [6, 6.07) is 25.7. The fraction of sp³-hybridized carbons (Fsp3) is 0. The van der Waals surface area contributed by atoms with Crippen LogP contribution in [0.4, 0.5) is 0 Å². The van der Waals surface area contributed by atoms with Crippen molar-refractivity contribution in [3.05, 3.63) is 72.8 Å². The van der Waals surface area contributed by atoms with Gasteiger partial charge in [-0.15, -0.1) is 0 Å². The molecule has 1 heteroatoms. The lowest BCUT2D eigenvalue weighted by Gasteiger charge is -2.19. The van der Waals surface area contributed by atoms with Crippen LogP contribution >= 0.6 is 8.58 Å². The maximum absolute atomic E-state index is 2.27. The van der Waals surface area contributed by atoms with Gasteiger partial charge in [0.15, 0.2) is 0 Å². The summed E-state index contributed by atoms with van der Waals surface area (Å²) in [5.41, 5.74) is 0. The standard InChI is InChI=1S/C16H12P/c1-2-8-15(9-3-1)17-16-11-10-13-6-4-5-7-14(13)12-16/h1-12H/q-1. The van der Waals surface area contributed by atoms with E-state index in [4.69, 9.17) is 0 Å². The zero-order valence-electron chi connectivity index (χ0n) is 9.38. The molecule has 0 aliphatic heterocycles. The van der Waals surface area contributed by atoms with Gasteiger partial charge in [0, 0.05) is 0 Å². The summed E-state index contributed by atoms with van der Waals surface area (Å²) in [5, 5.41) is 5.30. The van der Waals surface area contributed by atoms with Crippen molar-refractivity contribution in [1.82, 2.24) is 0 Å². The highest BCUT2D eigenvalue weighted by Gasteiger charge is 1.89. The zero-order chi connectivity index (χ0) is 11.5. The van der Waals surface area contributed by atoms with Gasteiger partial charge < -0.3 is 8.58 Å². The van der Waals surface area contributed by atoms with Gasteiger partial charge >= 0.3 is 0 Å². The van der Waals surface area contributed by atoms with Gasteiger partial charge in [-0.3, -0.25) is 0 Å². The Kier molecular flexibility index (Phi) is 2.90. The fourth-order valence-corrected chi connectivity index (χ4v) is 2.87. The second-order valence-corrected chi connectivity index (χ2v) is 5.24. The molecule has 0 saturated heterocycles. The van der Waals surface area contributed by atoms with Crippen molar-refractivity contribution in [2.45, 2.75) is 0 Å². The molecule has 0 nitrogen and oxygen atoms in total. The molecule has 0 aromatic heterocycles. The third-order valence-corrected chi connectivity index (χ3v) is 3.84. The van der Waals surface area contributed by atoms with Gasteiger partial charge in [-0.1, -0.05) is 72.8 Å². The molecule has 0 bridgehead atoms. The second kappa shape index (κ2) is 4.69. The molecule has 0 saturated carbocycles. The largest absolute Gasteiger partial charge is 0.472 e. The van der Waals surface area contributed by atoms with Crippen molar-refractivity contribution < 1.29 is 0 Å². The van der Waals surface area contributed by atoms with Crippen molar-refractivity contribution in [3.63, 3.8) is 0 Å². The molecule has 0 atom stereocenters. The highest BCUT2D eigenvalue weighted by Crippen LogP contribution is 2.16. The smallest absolute Gasteiger partial charge is 0.0186 e. The van der Waals surface area contributed by atoms with E-state index in [1.54, 1.807) is 0 Å². The predicted molar refractivity (Wildman–Crippen MR) is 76.6 cm³/mol. The van der Waals surface area contributed by atoms with Crippen LogP contribution in [-0.2, 0) is 0 Å². The van der Waals surface area contributed by atoms with E-state index in [9.17, 15) is 0 Å². The SMILES string of the molecule is c1ccc([P-]c2ccc3ccccc3c2)cc1. The molecular formula is C16H12P-. The van der Waals surface area contributed by atoms with E-state index in [-0.39, 0.29) is 0 Å². The number of fused-ring (bicyclic) bond motifs is 1. The molecule has 82 valence electrons. The molecule has 3 aromatic carbocycles. The van der Waals surface area contributed by atoms with Gasteiger partial charge in [0.1, 0.15) is 0 Å². The molecule has 0 heterocycles. The van der Waals surface area contributed by atoms with Gasteiger partial charge in [0.05, 0.1) is 0 Å². The van der Waals surface area contributed by atoms with E-state index < -0.39 is 0 Å². The molecule has 0 spiro atoms. The Morgan fingerprint density at radius 2 is 1.24 bits per heavy atom. The van der Waals surface area contributed by atoms with Gasteiger partial charge in [0.2, 0.25) is 0 Å². The molecule has 0 aliphatic carbocycles. The summed E-state index contributed by atoms with van der Waals surface area (Å²) < 4.78 is 0. The van der Waals surface area contributed by atoms with Crippen LogP contribution in [0.2, 0.25) is 0 Å². The van der Waals surface area contributed by atoms with Crippen LogP contribution in [0.5, 0.6) is 0 Å². The Labute approximate surface area is 103 Å². The second-order valence-electron chi connectivity index (χ2n) is 3.98. The van der Waals surface area contributed by atoms with Gasteiger partial charge in [-0.05, 0) is 10.8 Å². The summed E-state index contributed by atoms with van der Waals surface area (Å²) in [5.74, 6) is 0. The van der Waals surface area contributed by atoms with Crippen LogP contribution < -0.4 is 10.6 Å². The molecule has 0 amide bonds. The Morgan fingerprint density at radius 1 is 0.529 bits per heavy atom. The van der Waals surface area contributed by atoms with Crippen LogP contribution in [0.15, 0.2) is 72.8 Å². The molecule has 3 aromatic rings. The number of hydrogen-bond donors (Lipinski definition) is 0. The van der Waals surface area contributed by atoms with Gasteiger partial charge in [-0.25, -0.2) is 5.30 Å². The molecule has 0 radical (unpaired) electrons. The summed E-state index contributed by atoms with van der Waals surface area (Å²) >= 11 is 0. The monoisotopic (exact) mass is 235 g/mol. The molecule has 3 rings (SSSR count). The Balaban J connectivity index is 1.96. The minimum Gasteiger partial charge on any atom is -0.472 e.